The lowest BCUT2D eigenvalue weighted by atomic mass is 9.80. The number of rotatable bonds is 11. The molecule has 2 heterocycles. The van der Waals surface area contributed by atoms with Crippen molar-refractivity contribution in [2.24, 2.45) is 11.8 Å². The summed E-state index contributed by atoms with van der Waals surface area (Å²) in [7, 11) is 6.96. The molecule has 2 fully saturated rings. The van der Waals surface area contributed by atoms with Crippen LogP contribution in [0.1, 0.15) is 79.2 Å². The number of amides is 1. The van der Waals surface area contributed by atoms with Crippen molar-refractivity contribution in [2.45, 2.75) is 140 Å². The van der Waals surface area contributed by atoms with Crippen LogP contribution in [0.2, 0.25) is 0 Å². The molecule has 0 bridgehead atoms. The SMILES string of the molecule is CC[C@H]1OC(=O)CC(=O)[C@H](C)[C@@H](O[C@@H]2O[C@H](CCc3ccccc3)CC(N(C)C)[C@H]2O)[C@](C)(OC)C[C@@H](C)CN[C@H](C)[C@@H](NC=O)[C@]1(C)OC. The van der Waals surface area contributed by atoms with Crippen LogP contribution < -0.4 is 10.6 Å². The lowest BCUT2D eigenvalue weighted by Gasteiger charge is -2.47. The van der Waals surface area contributed by atoms with Crippen molar-refractivity contribution >= 4 is 18.2 Å². The predicted octanol–water partition coefficient (Wildman–Crippen LogP) is 3.27. The molecule has 1 aromatic rings. The first-order valence-corrected chi connectivity index (χ1v) is 18.1. The second-order valence-corrected chi connectivity index (χ2v) is 15.0. The average Bonchev–Trinajstić information content (AvgIpc) is 3.09. The average molecular weight is 706 g/mol. The van der Waals surface area contributed by atoms with Gasteiger partial charge in [0.2, 0.25) is 6.41 Å². The maximum atomic E-state index is 14.0. The number of methoxy groups -OCH3 is 2. The number of hydrogen-bond donors (Lipinski definition) is 3. The van der Waals surface area contributed by atoms with E-state index in [0.717, 1.165) is 12.8 Å². The van der Waals surface area contributed by atoms with Crippen LogP contribution in [0.25, 0.3) is 0 Å². The van der Waals surface area contributed by atoms with Gasteiger partial charge in [-0.15, -0.1) is 0 Å². The molecule has 50 heavy (non-hydrogen) atoms. The van der Waals surface area contributed by atoms with E-state index in [2.05, 4.69) is 29.7 Å². The van der Waals surface area contributed by atoms with E-state index in [-0.39, 0.29) is 29.9 Å². The number of ketones is 1. The molecule has 0 saturated carbocycles. The molecule has 0 aromatic heterocycles. The molecule has 284 valence electrons. The van der Waals surface area contributed by atoms with Gasteiger partial charge >= 0.3 is 5.97 Å². The number of aliphatic hydroxyl groups excluding tert-OH is 1. The Morgan fingerprint density at radius 2 is 1.78 bits per heavy atom. The third kappa shape index (κ3) is 10.3. The molecule has 0 radical (unpaired) electrons. The minimum Gasteiger partial charge on any atom is -0.459 e. The number of aliphatic hydroxyl groups is 1. The summed E-state index contributed by atoms with van der Waals surface area (Å²) in [5.74, 6) is -1.90. The van der Waals surface area contributed by atoms with Crippen LogP contribution in [0.5, 0.6) is 0 Å². The van der Waals surface area contributed by atoms with Crippen molar-refractivity contribution in [1.82, 2.24) is 15.5 Å². The summed E-state index contributed by atoms with van der Waals surface area (Å²) in [4.78, 5) is 41.1. The number of ether oxygens (including phenoxy) is 5. The fraction of sp³-hybridized carbons (Fsp3) is 0.763. The fourth-order valence-corrected chi connectivity index (χ4v) is 7.84. The van der Waals surface area contributed by atoms with Crippen molar-refractivity contribution in [3.8, 4) is 0 Å². The lowest BCUT2D eigenvalue weighted by molar-refractivity contribution is -0.298. The highest BCUT2D eigenvalue weighted by atomic mass is 16.7. The van der Waals surface area contributed by atoms with Crippen molar-refractivity contribution in [3.05, 3.63) is 35.9 Å². The maximum Gasteiger partial charge on any atom is 0.313 e. The second kappa shape index (κ2) is 18.9. The standard InChI is InChI=1S/C38H63N3O9/c1-11-31-38(6,47-10)34(40-23-42)26(4)39-22-24(2)21-37(5,46-9)35(25(3)30(43)20-32(44)49-31)50-36-33(45)29(41(7)8)19-28(48-36)18-17-27-15-13-12-14-16-27/h12-16,23-26,28-29,31,33-36,39,45H,11,17-22H2,1-10H3,(H,40,42)/t24-,25+,26-,28-,29?,31-,33-,34-,35-,36+,37-,38-/m1/s1. The summed E-state index contributed by atoms with van der Waals surface area (Å²) in [6.45, 7) is 11.9. The highest BCUT2D eigenvalue weighted by Gasteiger charge is 2.50. The van der Waals surface area contributed by atoms with Crippen LogP contribution in [0.4, 0.5) is 0 Å². The molecule has 12 atom stereocenters. The first-order chi connectivity index (χ1) is 23.6. The van der Waals surface area contributed by atoms with E-state index in [1.54, 1.807) is 21.0 Å². The number of cyclic esters (lactones) is 1. The Labute approximate surface area is 299 Å². The van der Waals surface area contributed by atoms with Crippen molar-refractivity contribution < 1.29 is 43.2 Å². The topological polar surface area (TPSA) is 145 Å². The number of hydrogen-bond acceptors (Lipinski definition) is 11. The summed E-state index contributed by atoms with van der Waals surface area (Å²) in [6, 6.07) is 9.10. The third-order valence-electron chi connectivity index (χ3n) is 11.0. The van der Waals surface area contributed by atoms with Crippen molar-refractivity contribution in [1.29, 1.82) is 0 Å². The van der Waals surface area contributed by atoms with E-state index in [1.165, 1.54) is 12.7 Å². The highest BCUT2D eigenvalue weighted by molar-refractivity contribution is 5.97. The fourth-order valence-electron chi connectivity index (χ4n) is 7.84. The molecule has 3 rings (SSSR count). The van der Waals surface area contributed by atoms with Gasteiger partial charge in [0.15, 0.2) is 6.29 Å². The summed E-state index contributed by atoms with van der Waals surface area (Å²) < 4.78 is 31.3. The molecule has 0 spiro atoms. The molecular formula is C38H63N3O9. The molecule has 1 amide bonds. The quantitative estimate of drug-likeness (QED) is 0.177. The van der Waals surface area contributed by atoms with Crippen LogP contribution >= 0.6 is 0 Å². The van der Waals surface area contributed by atoms with E-state index in [9.17, 15) is 19.5 Å². The molecule has 0 aliphatic carbocycles. The Morgan fingerprint density at radius 3 is 2.36 bits per heavy atom. The Morgan fingerprint density at radius 1 is 1.10 bits per heavy atom. The molecule has 2 saturated heterocycles. The molecular weight excluding hydrogens is 642 g/mol. The van der Waals surface area contributed by atoms with Crippen molar-refractivity contribution in [3.63, 3.8) is 0 Å². The molecule has 2 aliphatic rings. The molecule has 12 heteroatoms. The molecule has 12 nitrogen and oxygen atoms in total. The van der Waals surface area contributed by atoms with Gasteiger partial charge < -0.3 is 44.3 Å². The highest BCUT2D eigenvalue weighted by Crippen LogP contribution is 2.37. The van der Waals surface area contributed by atoms with Crippen LogP contribution in [0.15, 0.2) is 30.3 Å². The number of aryl methyl sites for hydroxylation is 1. The maximum absolute atomic E-state index is 14.0. The summed E-state index contributed by atoms with van der Waals surface area (Å²) in [5.41, 5.74) is -0.927. The minimum atomic E-state index is -1.10. The van der Waals surface area contributed by atoms with Gasteiger partial charge in [-0.1, -0.05) is 51.1 Å². The monoisotopic (exact) mass is 705 g/mol. The van der Waals surface area contributed by atoms with Gasteiger partial charge in [-0.05, 0) is 85.0 Å². The molecule has 1 unspecified atom stereocenters. The predicted molar refractivity (Wildman–Crippen MR) is 190 cm³/mol. The normalized spacial score (nSPS) is 38.2. The number of nitrogens with zero attached hydrogens (tertiary/aromatic N) is 1. The lowest BCUT2D eigenvalue weighted by Crippen LogP contribution is -2.64. The number of carbonyl (C=O) groups is 3. The summed E-state index contributed by atoms with van der Waals surface area (Å²) >= 11 is 0. The number of Topliss-reactive ketones (excluding diaryl/α,β-unsaturated/α-hetero) is 1. The minimum absolute atomic E-state index is 0.0109. The zero-order valence-corrected chi connectivity index (χ0v) is 31.8. The number of benzene rings is 1. The van der Waals surface area contributed by atoms with E-state index in [4.69, 9.17) is 23.7 Å². The Hall–Kier alpha value is -2.45. The molecule has 3 N–H and O–H groups in total. The van der Waals surface area contributed by atoms with Gasteiger partial charge in [-0.2, -0.15) is 0 Å². The largest absolute Gasteiger partial charge is 0.459 e. The first kappa shape index (κ1) is 42.0. The summed E-state index contributed by atoms with van der Waals surface area (Å²) in [6.07, 6.45) is -0.755. The second-order valence-electron chi connectivity index (χ2n) is 15.0. The van der Waals surface area contributed by atoms with Gasteiger partial charge in [-0.3, -0.25) is 14.4 Å². The smallest absolute Gasteiger partial charge is 0.313 e. The number of esters is 1. The number of likely N-dealkylation sites (N-methyl/N-ethyl adjacent to an activating group) is 1. The van der Waals surface area contributed by atoms with Crippen LogP contribution in [-0.4, -0.2) is 123 Å². The first-order valence-electron chi connectivity index (χ1n) is 18.1. The van der Waals surface area contributed by atoms with E-state index in [0.29, 0.717) is 32.2 Å². The van der Waals surface area contributed by atoms with E-state index >= 15 is 0 Å². The zero-order valence-electron chi connectivity index (χ0n) is 31.8. The van der Waals surface area contributed by atoms with E-state index in [1.807, 2.05) is 58.0 Å². The Kier molecular flexibility index (Phi) is 15.8. The van der Waals surface area contributed by atoms with Gasteiger partial charge in [0.05, 0.1) is 23.9 Å². The van der Waals surface area contributed by atoms with Gasteiger partial charge in [0.25, 0.3) is 0 Å². The van der Waals surface area contributed by atoms with Gasteiger partial charge in [-0.25, -0.2) is 0 Å². The zero-order chi connectivity index (χ0) is 37.2. The molecule has 2 aliphatic heterocycles. The Bertz CT molecular complexity index is 1220. The summed E-state index contributed by atoms with van der Waals surface area (Å²) in [5, 5.41) is 18.0. The van der Waals surface area contributed by atoms with Crippen LogP contribution in [-0.2, 0) is 44.5 Å². The number of carbonyl (C=O) groups excluding carboxylic acids is 3. The van der Waals surface area contributed by atoms with Crippen LogP contribution in [0, 0.1) is 11.8 Å². The molecule has 1 aromatic carbocycles. The Balaban J connectivity index is 1.98. The number of nitrogens with one attached hydrogen (secondary N) is 2. The van der Waals surface area contributed by atoms with Crippen molar-refractivity contribution in [2.75, 3.05) is 34.9 Å². The van der Waals surface area contributed by atoms with E-state index < -0.39 is 60.2 Å². The third-order valence-corrected chi connectivity index (χ3v) is 11.0. The van der Waals surface area contributed by atoms with Crippen LogP contribution in [0.3, 0.4) is 0 Å². The van der Waals surface area contributed by atoms with Gasteiger partial charge in [0, 0.05) is 32.2 Å². The van der Waals surface area contributed by atoms with Gasteiger partial charge in [0.1, 0.15) is 30.0 Å².